The van der Waals surface area contributed by atoms with Gasteiger partial charge in [0.1, 0.15) is 0 Å². The van der Waals surface area contributed by atoms with Crippen LogP contribution in [-0.2, 0) is 4.79 Å². The minimum atomic E-state index is -0.00639. The molecule has 1 rings (SSSR count). The van der Waals surface area contributed by atoms with Crippen LogP contribution in [0.1, 0.15) is 0 Å². The van der Waals surface area contributed by atoms with Crippen molar-refractivity contribution < 1.29 is 4.79 Å². The van der Waals surface area contributed by atoms with E-state index in [1.807, 2.05) is 43.3 Å². The van der Waals surface area contributed by atoms with Crippen LogP contribution in [0.2, 0.25) is 0 Å². The normalized spacial score (nSPS) is 9.60. The highest BCUT2D eigenvalue weighted by atomic mass is 79.9. The average molecular weight is 294 g/mol. The van der Waals surface area contributed by atoms with Crippen molar-refractivity contribution in [1.29, 1.82) is 0 Å². The van der Waals surface area contributed by atoms with Gasteiger partial charge in [0, 0.05) is 10.2 Å². The zero-order valence-electron chi connectivity index (χ0n) is 8.66. The molecule has 0 radical (unpaired) electrons. The van der Waals surface area contributed by atoms with E-state index in [-0.39, 0.29) is 18.3 Å². The lowest BCUT2D eigenvalue weighted by atomic mass is 10.3. The molecule has 5 heteroatoms. The van der Waals surface area contributed by atoms with Crippen molar-refractivity contribution in [3.8, 4) is 0 Å². The lowest BCUT2D eigenvalue weighted by Crippen LogP contribution is -2.27. The molecule has 84 valence electrons. The SMILES string of the molecule is CN(C)CC(=O)Nc1cccc(Br)c1.Cl. The predicted octanol–water partition coefficient (Wildman–Crippen LogP) is 2.37. The molecule has 0 aliphatic rings. The second-order valence-corrected chi connectivity index (χ2v) is 4.21. The molecule has 3 nitrogen and oxygen atoms in total. The van der Waals surface area contributed by atoms with Crippen molar-refractivity contribution in [2.24, 2.45) is 0 Å². The zero-order valence-corrected chi connectivity index (χ0v) is 11.1. The molecular formula is C10H14BrClN2O. The van der Waals surface area contributed by atoms with Crippen LogP contribution >= 0.6 is 28.3 Å². The number of benzene rings is 1. The summed E-state index contributed by atoms with van der Waals surface area (Å²) in [7, 11) is 3.72. The van der Waals surface area contributed by atoms with E-state index in [0.717, 1.165) is 10.2 Å². The van der Waals surface area contributed by atoms with Gasteiger partial charge in [-0.1, -0.05) is 22.0 Å². The van der Waals surface area contributed by atoms with Gasteiger partial charge in [0.15, 0.2) is 0 Å². The Morgan fingerprint density at radius 1 is 1.47 bits per heavy atom. The fraction of sp³-hybridized carbons (Fsp3) is 0.300. The minimum absolute atomic E-state index is 0. The second kappa shape index (κ2) is 6.82. The Bertz CT molecular complexity index is 331. The largest absolute Gasteiger partial charge is 0.325 e. The molecular weight excluding hydrogens is 279 g/mol. The van der Waals surface area contributed by atoms with E-state index in [4.69, 9.17) is 0 Å². The standard InChI is InChI=1S/C10H13BrN2O.ClH/c1-13(2)7-10(14)12-9-5-3-4-8(11)6-9;/h3-6H,7H2,1-2H3,(H,12,14);1H. The van der Waals surface area contributed by atoms with Crippen LogP contribution in [-0.4, -0.2) is 31.4 Å². The summed E-state index contributed by atoms with van der Waals surface area (Å²) < 4.78 is 0.958. The van der Waals surface area contributed by atoms with Crippen molar-refractivity contribution in [2.75, 3.05) is 26.0 Å². The van der Waals surface area contributed by atoms with Gasteiger partial charge in [-0.2, -0.15) is 0 Å². The number of hydrogen-bond acceptors (Lipinski definition) is 2. The molecule has 1 aromatic rings. The highest BCUT2D eigenvalue weighted by Crippen LogP contribution is 2.15. The molecule has 0 spiro atoms. The van der Waals surface area contributed by atoms with E-state index in [1.165, 1.54) is 0 Å². The van der Waals surface area contributed by atoms with Gasteiger partial charge < -0.3 is 10.2 Å². The Kier molecular flexibility index (Phi) is 6.56. The van der Waals surface area contributed by atoms with Crippen molar-refractivity contribution >= 4 is 39.9 Å². The summed E-state index contributed by atoms with van der Waals surface area (Å²) in [5.74, 6) is -0.00639. The van der Waals surface area contributed by atoms with Gasteiger partial charge >= 0.3 is 0 Å². The quantitative estimate of drug-likeness (QED) is 0.928. The lowest BCUT2D eigenvalue weighted by Gasteiger charge is -2.09. The second-order valence-electron chi connectivity index (χ2n) is 3.30. The van der Waals surface area contributed by atoms with Gasteiger partial charge in [-0.15, -0.1) is 12.4 Å². The highest BCUT2D eigenvalue weighted by molar-refractivity contribution is 9.10. The highest BCUT2D eigenvalue weighted by Gasteiger charge is 2.03. The number of amides is 1. The maximum Gasteiger partial charge on any atom is 0.238 e. The van der Waals surface area contributed by atoms with Gasteiger partial charge in [0.05, 0.1) is 6.54 Å². The van der Waals surface area contributed by atoms with Gasteiger partial charge in [-0.3, -0.25) is 4.79 Å². The Morgan fingerprint density at radius 3 is 2.67 bits per heavy atom. The molecule has 0 aliphatic heterocycles. The summed E-state index contributed by atoms with van der Waals surface area (Å²) in [5, 5.41) is 2.80. The summed E-state index contributed by atoms with van der Waals surface area (Å²) in [6.07, 6.45) is 0. The first-order valence-corrected chi connectivity index (χ1v) is 5.07. The third-order valence-electron chi connectivity index (χ3n) is 1.57. The van der Waals surface area contributed by atoms with Crippen LogP contribution in [0.15, 0.2) is 28.7 Å². The fourth-order valence-corrected chi connectivity index (χ4v) is 1.45. The van der Waals surface area contributed by atoms with Gasteiger partial charge in [-0.25, -0.2) is 0 Å². The topological polar surface area (TPSA) is 32.3 Å². The number of halogens is 2. The van der Waals surface area contributed by atoms with Crippen molar-refractivity contribution in [2.45, 2.75) is 0 Å². The van der Waals surface area contributed by atoms with Gasteiger partial charge in [0.25, 0.3) is 0 Å². The number of nitrogens with one attached hydrogen (secondary N) is 1. The predicted molar refractivity (Wildman–Crippen MR) is 68.6 cm³/mol. The van der Waals surface area contributed by atoms with Crippen LogP contribution in [0.4, 0.5) is 5.69 Å². The van der Waals surface area contributed by atoms with Crippen LogP contribution in [0.3, 0.4) is 0 Å². The summed E-state index contributed by atoms with van der Waals surface area (Å²) >= 11 is 3.34. The number of likely N-dealkylation sites (N-methyl/N-ethyl adjacent to an activating group) is 1. The first-order valence-electron chi connectivity index (χ1n) is 4.28. The third-order valence-corrected chi connectivity index (χ3v) is 2.06. The molecule has 0 aliphatic carbocycles. The molecule has 0 atom stereocenters. The molecule has 0 saturated carbocycles. The molecule has 0 saturated heterocycles. The molecule has 0 aromatic heterocycles. The Labute approximate surface area is 104 Å². The summed E-state index contributed by atoms with van der Waals surface area (Å²) in [6.45, 7) is 0.395. The molecule has 1 N–H and O–H groups in total. The first kappa shape index (κ1) is 14.4. The zero-order chi connectivity index (χ0) is 10.6. The minimum Gasteiger partial charge on any atom is -0.325 e. The summed E-state index contributed by atoms with van der Waals surface area (Å²) in [5.41, 5.74) is 0.811. The Balaban J connectivity index is 0.00000196. The van der Waals surface area contributed by atoms with Crippen molar-refractivity contribution in [3.63, 3.8) is 0 Å². The average Bonchev–Trinajstić information content (AvgIpc) is 2.01. The molecule has 0 fully saturated rings. The number of nitrogens with zero attached hydrogens (tertiary/aromatic N) is 1. The molecule has 1 aromatic carbocycles. The number of anilines is 1. The van der Waals surface area contributed by atoms with Crippen LogP contribution < -0.4 is 5.32 Å². The van der Waals surface area contributed by atoms with Crippen LogP contribution in [0, 0.1) is 0 Å². The van der Waals surface area contributed by atoms with E-state index >= 15 is 0 Å². The molecule has 1 amide bonds. The maximum atomic E-state index is 11.4. The van der Waals surface area contributed by atoms with Crippen LogP contribution in [0.5, 0.6) is 0 Å². The molecule has 0 heterocycles. The Hall–Kier alpha value is -0.580. The number of carbonyl (C=O) groups is 1. The van der Waals surface area contributed by atoms with E-state index in [2.05, 4.69) is 21.2 Å². The van der Waals surface area contributed by atoms with E-state index < -0.39 is 0 Å². The van der Waals surface area contributed by atoms with Crippen LogP contribution in [0.25, 0.3) is 0 Å². The number of hydrogen-bond donors (Lipinski definition) is 1. The molecule has 0 unspecified atom stereocenters. The fourth-order valence-electron chi connectivity index (χ4n) is 1.05. The van der Waals surface area contributed by atoms with E-state index in [1.54, 1.807) is 0 Å². The van der Waals surface area contributed by atoms with Crippen molar-refractivity contribution in [3.05, 3.63) is 28.7 Å². The van der Waals surface area contributed by atoms with E-state index in [9.17, 15) is 4.79 Å². The first-order chi connectivity index (χ1) is 6.58. The van der Waals surface area contributed by atoms with Crippen molar-refractivity contribution in [1.82, 2.24) is 4.90 Å². The third kappa shape index (κ3) is 5.77. The summed E-state index contributed by atoms with van der Waals surface area (Å²) in [4.78, 5) is 13.2. The monoisotopic (exact) mass is 292 g/mol. The smallest absolute Gasteiger partial charge is 0.238 e. The lowest BCUT2D eigenvalue weighted by molar-refractivity contribution is -0.116. The summed E-state index contributed by atoms with van der Waals surface area (Å²) in [6, 6.07) is 7.53. The van der Waals surface area contributed by atoms with Gasteiger partial charge in [0.2, 0.25) is 5.91 Å². The Morgan fingerprint density at radius 2 is 2.13 bits per heavy atom. The van der Waals surface area contributed by atoms with Gasteiger partial charge in [-0.05, 0) is 32.3 Å². The number of rotatable bonds is 3. The molecule has 15 heavy (non-hydrogen) atoms. The van der Waals surface area contributed by atoms with E-state index in [0.29, 0.717) is 6.54 Å². The number of carbonyl (C=O) groups excluding carboxylic acids is 1. The molecule has 0 bridgehead atoms. The maximum absolute atomic E-state index is 11.4.